The number of para-hydroxylation sites is 1. The lowest BCUT2D eigenvalue weighted by molar-refractivity contribution is -0.384. The molecule has 0 saturated heterocycles. The predicted molar refractivity (Wildman–Crippen MR) is 72.8 cm³/mol. The molecule has 1 N–H and O–H groups in total. The van der Waals surface area contributed by atoms with Crippen LogP contribution in [0.2, 0.25) is 0 Å². The quantitative estimate of drug-likeness (QED) is 0.611. The molecule has 1 heterocycles. The lowest BCUT2D eigenvalue weighted by Crippen LogP contribution is -2.12. The molecule has 106 valence electrons. The Hall–Kier alpha value is -2.64. The van der Waals surface area contributed by atoms with Gasteiger partial charge in [0, 0.05) is 12.7 Å². The van der Waals surface area contributed by atoms with E-state index in [-0.39, 0.29) is 11.4 Å². The van der Waals surface area contributed by atoms with Crippen LogP contribution in [0.15, 0.2) is 30.6 Å². The van der Waals surface area contributed by atoms with Crippen molar-refractivity contribution in [1.29, 1.82) is 0 Å². The lowest BCUT2D eigenvalue weighted by Gasteiger charge is -2.10. The van der Waals surface area contributed by atoms with Crippen molar-refractivity contribution in [3.05, 3.63) is 40.7 Å². The van der Waals surface area contributed by atoms with Gasteiger partial charge in [0.1, 0.15) is 5.69 Å². The highest BCUT2D eigenvalue weighted by Gasteiger charge is 2.20. The fourth-order valence-electron chi connectivity index (χ4n) is 1.78. The SMILES string of the molecule is CCOc1cccc(NCCn2ccnn2)c1[N+](=O)[O-]. The molecule has 0 radical (unpaired) electrons. The first kappa shape index (κ1) is 13.8. The summed E-state index contributed by atoms with van der Waals surface area (Å²) in [5.74, 6) is 0.267. The zero-order valence-corrected chi connectivity index (χ0v) is 11.0. The zero-order chi connectivity index (χ0) is 14.4. The van der Waals surface area contributed by atoms with Crippen molar-refractivity contribution < 1.29 is 9.66 Å². The Kier molecular flexibility index (Phi) is 4.48. The van der Waals surface area contributed by atoms with Gasteiger partial charge in [0.25, 0.3) is 0 Å². The second-order valence-electron chi connectivity index (χ2n) is 3.94. The van der Waals surface area contributed by atoms with Crippen LogP contribution in [0.5, 0.6) is 5.75 Å². The fourth-order valence-corrected chi connectivity index (χ4v) is 1.78. The minimum absolute atomic E-state index is 0.0482. The summed E-state index contributed by atoms with van der Waals surface area (Å²) in [6.07, 6.45) is 3.31. The van der Waals surface area contributed by atoms with Crippen LogP contribution in [0.3, 0.4) is 0 Å². The van der Waals surface area contributed by atoms with Crippen LogP contribution in [0, 0.1) is 10.1 Å². The van der Waals surface area contributed by atoms with Crippen molar-refractivity contribution in [3.8, 4) is 5.75 Å². The molecule has 0 spiro atoms. The number of hydrogen-bond donors (Lipinski definition) is 1. The summed E-state index contributed by atoms with van der Waals surface area (Å²) in [7, 11) is 0. The van der Waals surface area contributed by atoms with Crippen molar-refractivity contribution in [1.82, 2.24) is 15.0 Å². The molecule has 0 saturated carbocycles. The number of nitro groups is 1. The Morgan fingerprint density at radius 3 is 3.00 bits per heavy atom. The third-order valence-corrected chi connectivity index (χ3v) is 2.61. The van der Waals surface area contributed by atoms with E-state index in [0.717, 1.165) is 0 Å². The van der Waals surface area contributed by atoms with E-state index in [1.54, 1.807) is 42.2 Å². The number of nitrogens with one attached hydrogen (secondary N) is 1. The highest BCUT2D eigenvalue weighted by Crippen LogP contribution is 2.34. The summed E-state index contributed by atoms with van der Waals surface area (Å²) < 4.78 is 6.93. The van der Waals surface area contributed by atoms with Crippen LogP contribution >= 0.6 is 0 Å². The second kappa shape index (κ2) is 6.50. The molecule has 0 fully saturated rings. The minimum Gasteiger partial charge on any atom is -0.487 e. The van der Waals surface area contributed by atoms with Crippen LogP contribution < -0.4 is 10.1 Å². The largest absolute Gasteiger partial charge is 0.487 e. The predicted octanol–water partition coefficient (Wildman–Crippen LogP) is 1.70. The normalized spacial score (nSPS) is 10.2. The molecule has 1 aromatic carbocycles. The van der Waals surface area contributed by atoms with E-state index in [2.05, 4.69) is 15.6 Å². The van der Waals surface area contributed by atoms with Gasteiger partial charge in [-0.1, -0.05) is 11.3 Å². The number of anilines is 1. The molecule has 0 atom stereocenters. The summed E-state index contributed by atoms with van der Waals surface area (Å²) in [5.41, 5.74) is 0.383. The standard InChI is InChI=1S/C12H15N5O3/c1-2-20-11-5-3-4-10(12(11)17(18)19)13-6-8-16-9-7-14-15-16/h3-5,7,9,13H,2,6,8H2,1H3. The maximum atomic E-state index is 11.2. The number of ether oxygens (including phenoxy) is 1. The Morgan fingerprint density at radius 2 is 2.35 bits per heavy atom. The summed E-state index contributed by atoms with van der Waals surface area (Å²) in [4.78, 5) is 10.7. The monoisotopic (exact) mass is 277 g/mol. The first-order valence-corrected chi connectivity index (χ1v) is 6.20. The van der Waals surface area contributed by atoms with Gasteiger partial charge in [-0.3, -0.25) is 14.8 Å². The van der Waals surface area contributed by atoms with Crippen LogP contribution in [0.25, 0.3) is 0 Å². The minimum atomic E-state index is -0.442. The Morgan fingerprint density at radius 1 is 1.50 bits per heavy atom. The summed E-state index contributed by atoms with van der Waals surface area (Å²) in [6, 6.07) is 4.96. The molecule has 0 aliphatic carbocycles. The first-order valence-electron chi connectivity index (χ1n) is 6.20. The molecule has 0 aliphatic heterocycles. The average molecular weight is 277 g/mol. The first-order chi connectivity index (χ1) is 9.72. The molecule has 20 heavy (non-hydrogen) atoms. The number of benzene rings is 1. The van der Waals surface area contributed by atoms with Crippen LogP contribution in [-0.4, -0.2) is 33.1 Å². The lowest BCUT2D eigenvalue weighted by atomic mass is 10.2. The third kappa shape index (κ3) is 3.22. The van der Waals surface area contributed by atoms with Crippen LogP contribution in [0.1, 0.15) is 6.92 Å². The molecule has 8 heteroatoms. The number of nitro benzene ring substituents is 1. The van der Waals surface area contributed by atoms with E-state index in [4.69, 9.17) is 4.74 Å². The summed E-state index contributed by atoms with van der Waals surface area (Å²) >= 11 is 0. The van der Waals surface area contributed by atoms with E-state index >= 15 is 0 Å². The number of rotatable bonds is 7. The van der Waals surface area contributed by atoms with Gasteiger partial charge in [0.2, 0.25) is 0 Å². The number of nitrogens with zero attached hydrogens (tertiary/aromatic N) is 4. The maximum Gasteiger partial charge on any atom is 0.333 e. The van der Waals surface area contributed by atoms with E-state index < -0.39 is 4.92 Å². The Labute approximate surface area is 115 Å². The second-order valence-corrected chi connectivity index (χ2v) is 3.94. The van der Waals surface area contributed by atoms with Gasteiger partial charge in [0.05, 0.1) is 24.3 Å². The van der Waals surface area contributed by atoms with Crippen LogP contribution in [-0.2, 0) is 6.54 Å². The highest BCUT2D eigenvalue weighted by atomic mass is 16.6. The Balaban J connectivity index is 2.09. The van der Waals surface area contributed by atoms with Gasteiger partial charge in [-0.25, -0.2) is 0 Å². The van der Waals surface area contributed by atoms with Gasteiger partial charge in [0.15, 0.2) is 5.75 Å². The summed E-state index contributed by atoms with van der Waals surface area (Å²) in [5, 5.41) is 21.7. The number of aromatic nitrogens is 3. The van der Waals surface area contributed by atoms with Gasteiger partial charge in [-0.15, -0.1) is 5.10 Å². The molecule has 1 aromatic heterocycles. The number of hydrogen-bond acceptors (Lipinski definition) is 6. The molecular weight excluding hydrogens is 262 g/mol. The van der Waals surface area contributed by atoms with Crippen molar-refractivity contribution in [2.24, 2.45) is 0 Å². The van der Waals surface area contributed by atoms with Crippen molar-refractivity contribution in [2.75, 3.05) is 18.5 Å². The summed E-state index contributed by atoms with van der Waals surface area (Å²) in [6.45, 7) is 3.23. The van der Waals surface area contributed by atoms with Crippen molar-refractivity contribution in [3.63, 3.8) is 0 Å². The van der Waals surface area contributed by atoms with E-state index in [1.165, 1.54) is 0 Å². The molecule has 0 bridgehead atoms. The smallest absolute Gasteiger partial charge is 0.333 e. The van der Waals surface area contributed by atoms with E-state index in [1.807, 2.05) is 0 Å². The topological polar surface area (TPSA) is 95.1 Å². The molecule has 8 nitrogen and oxygen atoms in total. The molecule has 2 aromatic rings. The fraction of sp³-hybridized carbons (Fsp3) is 0.333. The van der Waals surface area contributed by atoms with Crippen molar-refractivity contribution in [2.45, 2.75) is 13.5 Å². The third-order valence-electron chi connectivity index (χ3n) is 2.61. The molecular formula is C12H15N5O3. The average Bonchev–Trinajstić information content (AvgIpc) is 2.92. The van der Waals surface area contributed by atoms with E-state index in [9.17, 15) is 10.1 Å². The highest BCUT2D eigenvalue weighted by molar-refractivity contribution is 5.68. The molecule has 0 amide bonds. The van der Waals surface area contributed by atoms with Gasteiger partial charge >= 0.3 is 5.69 Å². The molecule has 2 rings (SSSR count). The van der Waals surface area contributed by atoms with Gasteiger partial charge in [-0.2, -0.15) is 0 Å². The Bertz CT molecular complexity index is 570. The maximum absolute atomic E-state index is 11.2. The molecule has 0 unspecified atom stereocenters. The van der Waals surface area contributed by atoms with E-state index in [0.29, 0.717) is 25.4 Å². The van der Waals surface area contributed by atoms with Crippen molar-refractivity contribution >= 4 is 11.4 Å². The zero-order valence-electron chi connectivity index (χ0n) is 11.0. The van der Waals surface area contributed by atoms with Crippen LogP contribution in [0.4, 0.5) is 11.4 Å². The molecule has 0 aliphatic rings. The van der Waals surface area contributed by atoms with Gasteiger partial charge in [-0.05, 0) is 19.1 Å². The van der Waals surface area contributed by atoms with Gasteiger partial charge < -0.3 is 10.1 Å².